The number of aromatic nitrogens is 1. The third-order valence-electron chi connectivity index (χ3n) is 3.35. The first kappa shape index (κ1) is 13.3. The number of hydrogen-bond donors (Lipinski definition) is 1. The first-order valence-electron chi connectivity index (χ1n) is 6.91. The number of aryl methyl sites for hydroxylation is 1. The maximum atomic E-state index is 12.2. The van der Waals surface area contributed by atoms with Gasteiger partial charge < -0.3 is 5.32 Å². The highest BCUT2D eigenvalue weighted by Crippen LogP contribution is 2.20. The van der Waals surface area contributed by atoms with Gasteiger partial charge in [-0.2, -0.15) is 0 Å². The van der Waals surface area contributed by atoms with Gasteiger partial charge >= 0.3 is 0 Å². The predicted molar refractivity (Wildman–Crippen MR) is 85.3 cm³/mol. The Kier molecular flexibility index (Phi) is 3.65. The van der Waals surface area contributed by atoms with Crippen molar-refractivity contribution in [3.05, 3.63) is 71.9 Å². The Balaban J connectivity index is 1.80. The van der Waals surface area contributed by atoms with E-state index < -0.39 is 0 Å². The second-order valence-electron chi connectivity index (χ2n) is 5.09. The number of hydrogen-bond acceptors (Lipinski definition) is 2. The highest BCUT2D eigenvalue weighted by Gasteiger charge is 2.07. The van der Waals surface area contributed by atoms with Crippen LogP contribution in [0.25, 0.3) is 10.9 Å². The van der Waals surface area contributed by atoms with Gasteiger partial charge in [-0.1, -0.05) is 48.0 Å². The van der Waals surface area contributed by atoms with Crippen molar-refractivity contribution in [2.24, 2.45) is 0 Å². The normalized spacial score (nSPS) is 10.5. The van der Waals surface area contributed by atoms with Gasteiger partial charge in [0, 0.05) is 11.6 Å². The van der Waals surface area contributed by atoms with E-state index in [4.69, 9.17) is 0 Å². The van der Waals surface area contributed by atoms with E-state index in [1.165, 1.54) is 0 Å². The molecule has 0 bridgehead atoms. The van der Waals surface area contributed by atoms with Crippen molar-refractivity contribution in [3.63, 3.8) is 0 Å². The van der Waals surface area contributed by atoms with Crippen LogP contribution >= 0.6 is 0 Å². The molecule has 3 rings (SSSR count). The molecular weight excluding hydrogens is 260 g/mol. The van der Waals surface area contributed by atoms with E-state index >= 15 is 0 Å². The van der Waals surface area contributed by atoms with E-state index in [1.807, 2.05) is 61.5 Å². The number of fused-ring (bicyclic) bond motifs is 1. The SMILES string of the molecule is Cc1cccc(CC(=O)Nc2cccc3cccnc23)c1. The number of anilines is 1. The van der Waals surface area contributed by atoms with Crippen LogP contribution in [0.1, 0.15) is 11.1 Å². The van der Waals surface area contributed by atoms with Crippen LogP contribution in [0.15, 0.2) is 60.8 Å². The summed E-state index contributed by atoms with van der Waals surface area (Å²) in [5.74, 6) is -0.0289. The maximum absolute atomic E-state index is 12.2. The lowest BCUT2D eigenvalue weighted by molar-refractivity contribution is -0.115. The van der Waals surface area contributed by atoms with Crippen molar-refractivity contribution < 1.29 is 4.79 Å². The molecule has 0 aliphatic rings. The summed E-state index contributed by atoms with van der Waals surface area (Å²) in [6.45, 7) is 2.02. The van der Waals surface area contributed by atoms with Crippen LogP contribution in [0.4, 0.5) is 5.69 Å². The van der Waals surface area contributed by atoms with Gasteiger partial charge in [0.2, 0.25) is 5.91 Å². The Morgan fingerprint density at radius 1 is 1.10 bits per heavy atom. The van der Waals surface area contributed by atoms with E-state index in [-0.39, 0.29) is 5.91 Å². The Hall–Kier alpha value is -2.68. The van der Waals surface area contributed by atoms with E-state index in [0.717, 1.165) is 27.7 Å². The highest BCUT2D eigenvalue weighted by atomic mass is 16.1. The molecule has 1 N–H and O–H groups in total. The molecule has 3 aromatic rings. The van der Waals surface area contributed by atoms with Crippen molar-refractivity contribution >= 4 is 22.5 Å². The molecule has 1 aromatic heterocycles. The van der Waals surface area contributed by atoms with Crippen molar-refractivity contribution in [1.29, 1.82) is 0 Å². The van der Waals surface area contributed by atoms with E-state index in [0.29, 0.717) is 6.42 Å². The number of nitrogens with zero attached hydrogens (tertiary/aromatic N) is 1. The highest BCUT2D eigenvalue weighted by molar-refractivity contribution is 6.00. The summed E-state index contributed by atoms with van der Waals surface area (Å²) in [7, 11) is 0. The van der Waals surface area contributed by atoms with Gasteiger partial charge in [-0.05, 0) is 24.6 Å². The molecule has 0 aliphatic carbocycles. The Morgan fingerprint density at radius 3 is 2.76 bits per heavy atom. The summed E-state index contributed by atoms with van der Waals surface area (Å²) in [6.07, 6.45) is 2.10. The zero-order chi connectivity index (χ0) is 14.7. The van der Waals surface area contributed by atoms with Crippen molar-refractivity contribution in [2.75, 3.05) is 5.32 Å². The molecule has 0 unspecified atom stereocenters. The second kappa shape index (κ2) is 5.75. The van der Waals surface area contributed by atoms with Crippen LogP contribution < -0.4 is 5.32 Å². The molecule has 0 aliphatic heterocycles. The maximum Gasteiger partial charge on any atom is 0.228 e. The van der Waals surface area contributed by atoms with Crippen LogP contribution in [0.5, 0.6) is 0 Å². The largest absolute Gasteiger partial charge is 0.324 e. The average molecular weight is 276 g/mol. The zero-order valence-corrected chi connectivity index (χ0v) is 11.8. The smallest absolute Gasteiger partial charge is 0.228 e. The monoisotopic (exact) mass is 276 g/mol. The lowest BCUT2D eigenvalue weighted by Crippen LogP contribution is -2.14. The minimum absolute atomic E-state index is 0.0289. The number of pyridine rings is 1. The fraction of sp³-hybridized carbons (Fsp3) is 0.111. The molecule has 104 valence electrons. The number of nitrogens with one attached hydrogen (secondary N) is 1. The minimum Gasteiger partial charge on any atom is -0.324 e. The summed E-state index contributed by atoms with van der Waals surface area (Å²) in [5.41, 5.74) is 3.75. The summed E-state index contributed by atoms with van der Waals surface area (Å²) in [5, 5.41) is 3.97. The Morgan fingerprint density at radius 2 is 1.90 bits per heavy atom. The predicted octanol–water partition coefficient (Wildman–Crippen LogP) is 3.72. The molecule has 0 radical (unpaired) electrons. The Labute approximate surface area is 123 Å². The molecule has 0 saturated heterocycles. The molecule has 1 heterocycles. The van der Waals surface area contributed by atoms with Crippen molar-refractivity contribution in [2.45, 2.75) is 13.3 Å². The zero-order valence-electron chi connectivity index (χ0n) is 11.8. The molecular formula is C18H16N2O. The van der Waals surface area contributed by atoms with E-state index in [2.05, 4.69) is 10.3 Å². The summed E-state index contributed by atoms with van der Waals surface area (Å²) in [4.78, 5) is 16.5. The molecule has 0 atom stereocenters. The quantitative estimate of drug-likeness (QED) is 0.792. The third-order valence-corrected chi connectivity index (χ3v) is 3.35. The summed E-state index contributed by atoms with van der Waals surface area (Å²) < 4.78 is 0. The van der Waals surface area contributed by atoms with Crippen LogP contribution in [-0.4, -0.2) is 10.9 Å². The van der Waals surface area contributed by atoms with Crippen LogP contribution in [0.2, 0.25) is 0 Å². The van der Waals surface area contributed by atoms with Gasteiger partial charge in [-0.3, -0.25) is 9.78 Å². The molecule has 21 heavy (non-hydrogen) atoms. The van der Waals surface area contributed by atoms with Gasteiger partial charge in [0.05, 0.1) is 17.6 Å². The van der Waals surface area contributed by atoms with Crippen LogP contribution in [0, 0.1) is 6.92 Å². The summed E-state index contributed by atoms with van der Waals surface area (Å²) in [6, 6.07) is 17.6. The Bertz CT molecular complexity index is 791. The van der Waals surface area contributed by atoms with Gasteiger partial charge in [0.25, 0.3) is 0 Å². The van der Waals surface area contributed by atoms with Crippen molar-refractivity contribution in [3.8, 4) is 0 Å². The standard InChI is InChI=1S/C18H16N2O/c1-13-5-2-6-14(11-13)12-17(21)20-16-9-3-7-15-8-4-10-19-18(15)16/h2-11H,12H2,1H3,(H,20,21). The third kappa shape index (κ3) is 3.08. The van der Waals surface area contributed by atoms with Gasteiger partial charge in [-0.15, -0.1) is 0 Å². The van der Waals surface area contributed by atoms with Crippen LogP contribution in [0.3, 0.4) is 0 Å². The molecule has 2 aromatic carbocycles. The number of para-hydroxylation sites is 1. The minimum atomic E-state index is -0.0289. The average Bonchev–Trinajstić information content (AvgIpc) is 2.47. The molecule has 3 heteroatoms. The van der Waals surface area contributed by atoms with Crippen LogP contribution in [-0.2, 0) is 11.2 Å². The molecule has 0 saturated carbocycles. The van der Waals surface area contributed by atoms with E-state index in [9.17, 15) is 4.79 Å². The number of rotatable bonds is 3. The molecule has 1 amide bonds. The number of amides is 1. The lowest BCUT2D eigenvalue weighted by Gasteiger charge is -2.08. The molecule has 0 fully saturated rings. The van der Waals surface area contributed by atoms with Crippen molar-refractivity contribution in [1.82, 2.24) is 4.98 Å². The summed E-state index contributed by atoms with van der Waals surface area (Å²) >= 11 is 0. The van der Waals surface area contributed by atoms with Gasteiger partial charge in [0.15, 0.2) is 0 Å². The van der Waals surface area contributed by atoms with E-state index in [1.54, 1.807) is 6.20 Å². The first-order valence-corrected chi connectivity index (χ1v) is 6.91. The van der Waals surface area contributed by atoms with Gasteiger partial charge in [0.1, 0.15) is 0 Å². The topological polar surface area (TPSA) is 42.0 Å². The fourth-order valence-electron chi connectivity index (χ4n) is 2.41. The number of carbonyl (C=O) groups excluding carboxylic acids is 1. The fourth-order valence-corrected chi connectivity index (χ4v) is 2.41. The first-order chi connectivity index (χ1) is 10.2. The number of benzene rings is 2. The van der Waals surface area contributed by atoms with Gasteiger partial charge in [-0.25, -0.2) is 0 Å². The lowest BCUT2D eigenvalue weighted by atomic mass is 10.1. The molecule has 0 spiro atoms. The molecule has 3 nitrogen and oxygen atoms in total. The second-order valence-corrected chi connectivity index (χ2v) is 5.09. The number of carbonyl (C=O) groups is 1.